The van der Waals surface area contributed by atoms with Crippen LogP contribution in [0.15, 0.2) is 70.7 Å². The van der Waals surface area contributed by atoms with E-state index >= 15 is 0 Å². The van der Waals surface area contributed by atoms with E-state index in [9.17, 15) is 8.42 Å². The van der Waals surface area contributed by atoms with Crippen molar-refractivity contribution in [3.8, 4) is 0 Å². The Morgan fingerprint density at radius 2 is 1.68 bits per heavy atom. The summed E-state index contributed by atoms with van der Waals surface area (Å²) >= 11 is 5.77. The second-order valence-corrected chi connectivity index (χ2v) is 7.04. The van der Waals surface area contributed by atoms with Crippen LogP contribution >= 0.6 is 11.6 Å². The van der Waals surface area contributed by atoms with Gasteiger partial charge in [0, 0.05) is 5.02 Å². The smallest absolute Gasteiger partial charge is 0.190 e. The van der Waals surface area contributed by atoms with E-state index in [4.69, 9.17) is 16.8 Å². The van der Waals surface area contributed by atoms with Gasteiger partial charge < -0.3 is 5.21 Å². The van der Waals surface area contributed by atoms with Crippen molar-refractivity contribution in [2.24, 2.45) is 5.16 Å². The summed E-state index contributed by atoms with van der Waals surface area (Å²) in [4.78, 5) is 0.111. The van der Waals surface area contributed by atoms with Gasteiger partial charge in [0.15, 0.2) is 9.84 Å². The minimum Gasteiger partial charge on any atom is -0.411 e. The molecule has 0 radical (unpaired) electrons. The van der Waals surface area contributed by atoms with Crippen molar-refractivity contribution < 1.29 is 13.6 Å². The van der Waals surface area contributed by atoms with Crippen LogP contribution in [0.5, 0.6) is 0 Å². The highest BCUT2D eigenvalue weighted by atomic mass is 35.5. The predicted molar refractivity (Wildman–Crippen MR) is 88.2 cm³/mol. The summed E-state index contributed by atoms with van der Waals surface area (Å²) in [5, 5.41) is 11.0. The first kappa shape index (κ1) is 16.3. The molecule has 0 bridgehead atoms. The van der Waals surface area contributed by atoms with E-state index in [1.807, 2.05) is 30.3 Å². The molecule has 0 aliphatic carbocycles. The van der Waals surface area contributed by atoms with Crippen LogP contribution in [0.3, 0.4) is 0 Å². The van der Waals surface area contributed by atoms with Crippen molar-refractivity contribution in [2.75, 3.05) is 0 Å². The Labute approximate surface area is 134 Å². The van der Waals surface area contributed by atoms with Crippen LogP contribution in [0.4, 0.5) is 0 Å². The number of sulfone groups is 1. The summed E-state index contributed by atoms with van der Waals surface area (Å²) in [5.41, 5.74) is 0.852. The average Bonchev–Trinajstić information content (AvgIpc) is 2.52. The molecule has 1 unspecified atom stereocenters. The van der Waals surface area contributed by atoms with Crippen molar-refractivity contribution in [3.63, 3.8) is 0 Å². The van der Waals surface area contributed by atoms with E-state index in [0.29, 0.717) is 5.02 Å². The molecule has 0 heterocycles. The molecule has 0 aliphatic rings. The number of oxime groups is 1. The molecule has 0 aliphatic heterocycles. The third-order valence-electron chi connectivity index (χ3n) is 2.99. The second-order valence-electron chi connectivity index (χ2n) is 4.50. The molecular weight excluding hydrogens is 322 g/mol. The largest absolute Gasteiger partial charge is 0.411 e. The van der Waals surface area contributed by atoms with Crippen molar-refractivity contribution in [3.05, 3.63) is 71.3 Å². The third kappa shape index (κ3) is 3.96. The molecular formula is C16H14ClNO3S. The normalized spacial score (nSPS) is 13.7. The fourth-order valence-electron chi connectivity index (χ4n) is 1.85. The first-order chi connectivity index (χ1) is 10.5. The van der Waals surface area contributed by atoms with Crippen LogP contribution in [-0.4, -0.2) is 25.1 Å². The number of hydrogen-bond donors (Lipinski definition) is 1. The zero-order valence-corrected chi connectivity index (χ0v) is 13.1. The number of benzene rings is 2. The van der Waals surface area contributed by atoms with Crippen LogP contribution in [0, 0.1) is 0 Å². The fraction of sp³-hybridized carbons (Fsp3) is 0.0625. The van der Waals surface area contributed by atoms with Gasteiger partial charge in [0.2, 0.25) is 0 Å². The maximum atomic E-state index is 12.6. The summed E-state index contributed by atoms with van der Waals surface area (Å²) in [6.07, 6.45) is 4.11. The standard InChI is InChI=1S/C16H14ClNO3S/c17-14-7-10-15(11-8-14)22(20,21)16(12-18-19)9-6-13-4-2-1-3-5-13/h1-12,16,19H/b9-6+,18-12+. The van der Waals surface area contributed by atoms with Gasteiger partial charge in [-0.3, -0.25) is 0 Å². The van der Waals surface area contributed by atoms with Gasteiger partial charge in [-0.15, -0.1) is 5.16 Å². The lowest BCUT2D eigenvalue weighted by atomic mass is 10.2. The Balaban J connectivity index is 2.34. The van der Waals surface area contributed by atoms with Crippen LogP contribution in [0.1, 0.15) is 5.56 Å². The molecule has 22 heavy (non-hydrogen) atoms. The van der Waals surface area contributed by atoms with Crippen LogP contribution < -0.4 is 0 Å². The summed E-state index contributed by atoms with van der Waals surface area (Å²) in [7, 11) is -3.70. The van der Waals surface area contributed by atoms with E-state index in [-0.39, 0.29) is 4.90 Å². The molecule has 1 N–H and O–H groups in total. The van der Waals surface area contributed by atoms with Crippen molar-refractivity contribution >= 4 is 33.7 Å². The average molecular weight is 336 g/mol. The fourth-order valence-corrected chi connectivity index (χ4v) is 3.31. The Morgan fingerprint density at radius 1 is 1.05 bits per heavy atom. The van der Waals surface area contributed by atoms with Crippen molar-refractivity contribution in [1.82, 2.24) is 0 Å². The van der Waals surface area contributed by atoms with E-state index < -0.39 is 15.1 Å². The molecule has 4 nitrogen and oxygen atoms in total. The van der Waals surface area contributed by atoms with Gasteiger partial charge in [-0.25, -0.2) is 8.42 Å². The van der Waals surface area contributed by atoms with Crippen molar-refractivity contribution in [1.29, 1.82) is 0 Å². The zero-order valence-electron chi connectivity index (χ0n) is 11.5. The topological polar surface area (TPSA) is 66.7 Å². The third-order valence-corrected chi connectivity index (χ3v) is 5.17. The molecule has 0 saturated heterocycles. The van der Waals surface area contributed by atoms with E-state index in [2.05, 4.69) is 5.16 Å². The highest BCUT2D eigenvalue weighted by Crippen LogP contribution is 2.19. The second kappa shape index (κ2) is 7.24. The number of nitrogens with zero attached hydrogens (tertiary/aromatic N) is 1. The molecule has 2 aromatic rings. The van der Waals surface area contributed by atoms with Crippen LogP contribution in [0.2, 0.25) is 5.02 Å². The Hall–Kier alpha value is -2.11. The molecule has 0 fully saturated rings. The molecule has 2 rings (SSSR count). The molecule has 114 valence electrons. The maximum Gasteiger partial charge on any atom is 0.190 e. The minimum atomic E-state index is -3.70. The molecule has 0 aromatic heterocycles. The first-order valence-corrected chi connectivity index (χ1v) is 8.37. The molecule has 1 atom stereocenters. The van der Waals surface area contributed by atoms with Gasteiger partial charge in [0.05, 0.1) is 11.1 Å². The van der Waals surface area contributed by atoms with Gasteiger partial charge in [0.1, 0.15) is 5.25 Å². The Kier molecular flexibility index (Phi) is 5.35. The van der Waals surface area contributed by atoms with Gasteiger partial charge >= 0.3 is 0 Å². The number of halogens is 1. The van der Waals surface area contributed by atoms with Gasteiger partial charge in [0.25, 0.3) is 0 Å². The molecule has 2 aromatic carbocycles. The summed E-state index contributed by atoms with van der Waals surface area (Å²) in [6.45, 7) is 0. The molecule has 0 amide bonds. The Morgan fingerprint density at radius 3 is 2.27 bits per heavy atom. The summed E-state index contributed by atoms with van der Waals surface area (Å²) < 4.78 is 25.1. The van der Waals surface area contributed by atoms with E-state index in [0.717, 1.165) is 11.8 Å². The number of rotatable bonds is 5. The Bertz CT molecular complexity index is 769. The minimum absolute atomic E-state index is 0.111. The zero-order chi connectivity index (χ0) is 16.0. The predicted octanol–water partition coefficient (Wildman–Crippen LogP) is 3.66. The first-order valence-electron chi connectivity index (χ1n) is 6.44. The highest BCUT2D eigenvalue weighted by molar-refractivity contribution is 7.93. The van der Waals surface area contributed by atoms with Gasteiger partial charge in [-0.2, -0.15) is 0 Å². The highest BCUT2D eigenvalue weighted by Gasteiger charge is 2.24. The maximum absolute atomic E-state index is 12.6. The summed E-state index contributed by atoms with van der Waals surface area (Å²) in [5.74, 6) is 0. The van der Waals surface area contributed by atoms with Gasteiger partial charge in [-0.1, -0.05) is 54.1 Å². The lowest BCUT2D eigenvalue weighted by Gasteiger charge is -2.09. The molecule has 0 spiro atoms. The SMILES string of the molecule is O=S(=O)(c1ccc(Cl)cc1)C(/C=C/c1ccccc1)/C=N/O. The molecule has 0 saturated carbocycles. The molecule has 6 heteroatoms. The van der Waals surface area contributed by atoms with Crippen LogP contribution in [-0.2, 0) is 9.84 Å². The lowest BCUT2D eigenvalue weighted by molar-refractivity contribution is 0.321. The van der Waals surface area contributed by atoms with Crippen LogP contribution in [0.25, 0.3) is 6.08 Å². The quantitative estimate of drug-likeness (QED) is 0.515. The van der Waals surface area contributed by atoms with E-state index in [1.165, 1.54) is 30.3 Å². The van der Waals surface area contributed by atoms with E-state index in [1.54, 1.807) is 6.08 Å². The summed E-state index contributed by atoms with van der Waals surface area (Å²) in [6, 6.07) is 15.1. The van der Waals surface area contributed by atoms with Crippen molar-refractivity contribution in [2.45, 2.75) is 10.1 Å². The number of hydrogen-bond acceptors (Lipinski definition) is 4. The lowest BCUT2D eigenvalue weighted by Crippen LogP contribution is -2.20. The van der Waals surface area contributed by atoms with Gasteiger partial charge in [-0.05, 0) is 29.8 Å². The monoisotopic (exact) mass is 335 g/mol.